The number of amides is 2. The number of halogens is 1. The lowest BCUT2D eigenvalue weighted by atomic mass is 10.1. The van der Waals surface area contributed by atoms with Crippen molar-refractivity contribution in [3.05, 3.63) is 41.1 Å². The van der Waals surface area contributed by atoms with Gasteiger partial charge in [0.05, 0.1) is 16.6 Å². The average molecular weight is 378 g/mol. The van der Waals surface area contributed by atoms with Crippen molar-refractivity contribution in [3.63, 3.8) is 0 Å². The van der Waals surface area contributed by atoms with Crippen molar-refractivity contribution in [3.8, 4) is 0 Å². The molecule has 0 radical (unpaired) electrons. The van der Waals surface area contributed by atoms with Crippen molar-refractivity contribution in [1.82, 2.24) is 5.16 Å². The van der Waals surface area contributed by atoms with E-state index in [2.05, 4.69) is 10.5 Å². The molecule has 2 amide bonds. The molecule has 1 saturated heterocycles. The Labute approximate surface area is 154 Å². The van der Waals surface area contributed by atoms with Crippen LogP contribution in [0.15, 0.2) is 34.9 Å². The number of hydrogen-bond donors (Lipinski definition) is 1. The Kier molecular flexibility index (Phi) is 5.22. The molecule has 1 N–H and O–H groups in total. The zero-order valence-corrected chi connectivity index (χ0v) is 14.7. The summed E-state index contributed by atoms with van der Waals surface area (Å²) >= 11 is 6.10. The Morgan fingerprint density at radius 3 is 2.88 bits per heavy atom. The maximum Gasteiger partial charge on any atom is 0.311 e. The first kappa shape index (κ1) is 17.9. The molecule has 1 aliphatic rings. The molecule has 0 unspecified atom stereocenters. The summed E-state index contributed by atoms with van der Waals surface area (Å²) in [5.74, 6) is -1.24. The number of benzene rings is 1. The second-order valence-corrected chi connectivity index (χ2v) is 6.24. The fourth-order valence-corrected chi connectivity index (χ4v) is 2.87. The van der Waals surface area contributed by atoms with E-state index in [-0.39, 0.29) is 24.7 Å². The van der Waals surface area contributed by atoms with Crippen LogP contribution in [0.2, 0.25) is 5.02 Å². The molecule has 8 nitrogen and oxygen atoms in total. The smallest absolute Gasteiger partial charge is 0.311 e. The minimum atomic E-state index is -0.652. The van der Waals surface area contributed by atoms with Crippen LogP contribution in [-0.4, -0.2) is 36.1 Å². The highest BCUT2D eigenvalue weighted by Crippen LogP contribution is 2.31. The maximum atomic E-state index is 12.2. The highest BCUT2D eigenvalue weighted by molar-refractivity contribution is 6.33. The summed E-state index contributed by atoms with van der Waals surface area (Å²) in [7, 11) is 0. The zero-order chi connectivity index (χ0) is 18.7. The number of carbonyl (C=O) groups excluding carboxylic acids is 3. The molecule has 9 heteroatoms. The fraction of sp³-hybridized carbons (Fsp3) is 0.294. The van der Waals surface area contributed by atoms with Crippen molar-refractivity contribution < 1.29 is 23.6 Å². The Balaban J connectivity index is 1.53. The first-order valence-electron chi connectivity index (χ1n) is 7.88. The molecule has 1 aromatic heterocycles. The zero-order valence-electron chi connectivity index (χ0n) is 13.9. The van der Waals surface area contributed by atoms with Crippen molar-refractivity contribution >= 4 is 40.9 Å². The third kappa shape index (κ3) is 4.02. The first-order chi connectivity index (χ1) is 12.4. The van der Waals surface area contributed by atoms with E-state index < -0.39 is 24.4 Å². The second kappa shape index (κ2) is 7.57. The van der Waals surface area contributed by atoms with Crippen LogP contribution in [0.3, 0.4) is 0 Å². The summed E-state index contributed by atoms with van der Waals surface area (Å²) in [5.41, 5.74) is 0.550. The summed E-state index contributed by atoms with van der Waals surface area (Å²) in [4.78, 5) is 37.6. The average Bonchev–Trinajstić information content (AvgIpc) is 3.19. The molecule has 26 heavy (non-hydrogen) atoms. The summed E-state index contributed by atoms with van der Waals surface area (Å²) < 4.78 is 9.83. The fourth-order valence-electron chi connectivity index (χ4n) is 2.63. The van der Waals surface area contributed by atoms with Crippen LogP contribution in [0.25, 0.3) is 0 Å². The standard InChI is InChI=1S/C17H16ClN3O5/c1-10-6-14(20-26-10)19-15(22)9-25-17(24)11-7-16(23)21(8-11)13-5-3-2-4-12(13)18/h2-6,11H,7-9H2,1H3,(H,19,20,22)/t11-/m1/s1. The van der Waals surface area contributed by atoms with E-state index in [1.807, 2.05) is 0 Å². The molecule has 0 saturated carbocycles. The topological polar surface area (TPSA) is 102 Å². The predicted molar refractivity (Wildman–Crippen MR) is 92.7 cm³/mol. The monoisotopic (exact) mass is 377 g/mol. The largest absolute Gasteiger partial charge is 0.455 e. The summed E-state index contributed by atoms with van der Waals surface area (Å²) in [5, 5.41) is 6.48. The van der Waals surface area contributed by atoms with Crippen LogP contribution in [0.5, 0.6) is 0 Å². The lowest BCUT2D eigenvalue weighted by molar-refractivity contribution is -0.151. The molecule has 1 atom stereocenters. The van der Waals surface area contributed by atoms with Gasteiger partial charge in [0.1, 0.15) is 5.76 Å². The molecule has 1 aliphatic heterocycles. The van der Waals surface area contributed by atoms with Crippen molar-refractivity contribution in [2.24, 2.45) is 5.92 Å². The van der Waals surface area contributed by atoms with Gasteiger partial charge in [0, 0.05) is 19.0 Å². The van der Waals surface area contributed by atoms with Gasteiger partial charge in [-0.1, -0.05) is 28.9 Å². The third-order valence-corrected chi connectivity index (χ3v) is 4.16. The maximum absolute atomic E-state index is 12.2. The van der Waals surface area contributed by atoms with E-state index in [0.29, 0.717) is 16.5 Å². The van der Waals surface area contributed by atoms with Crippen LogP contribution in [0.4, 0.5) is 11.5 Å². The number of rotatable bonds is 5. The van der Waals surface area contributed by atoms with Gasteiger partial charge in [-0.25, -0.2) is 0 Å². The van der Waals surface area contributed by atoms with Gasteiger partial charge >= 0.3 is 5.97 Å². The number of esters is 1. The van der Waals surface area contributed by atoms with Crippen LogP contribution in [0.1, 0.15) is 12.2 Å². The number of ether oxygens (including phenoxy) is 1. The van der Waals surface area contributed by atoms with E-state index in [1.165, 1.54) is 11.0 Å². The van der Waals surface area contributed by atoms with Gasteiger partial charge in [0.25, 0.3) is 5.91 Å². The molecule has 2 heterocycles. The van der Waals surface area contributed by atoms with Gasteiger partial charge in [0.15, 0.2) is 12.4 Å². The van der Waals surface area contributed by atoms with Gasteiger partial charge < -0.3 is 19.5 Å². The van der Waals surface area contributed by atoms with E-state index in [0.717, 1.165) is 0 Å². The van der Waals surface area contributed by atoms with Gasteiger partial charge in [-0.2, -0.15) is 0 Å². The Hall–Kier alpha value is -2.87. The number of hydrogen-bond acceptors (Lipinski definition) is 6. The number of nitrogens with one attached hydrogen (secondary N) is 1. The number of aromatic nitrogens is 1. The van der Waals surface area contributed by atoms with Gasteiger partial charge in [0.2, 0.25) is 5.91 Å². The Bertz CT molecular complexity index is 850. The molecule has 2 aromatic rings. The Morgan fingerprint density at radius 1 is 1.42 bits per heavy atom. The highest BCUT2D eigenvalue weighted by atomic mass is 35.5. The van der Waals surface area contributed by atoms with Gasteiger partial charge in [-0.05, 0) is 19.1 Å². The van der Waals surface area contributed by atoms with Crippen molar-refractivity contribution in [1.29, 1.82) is 0 Å². The van der Waals surface area contributed by atoms with Crippen LogP contribution in [-0.2, 0) is 19.1 Å². The minimum absolute atomic E-state index is 0.00809. The van der Waals surface area contributed by atoms with E-state index in [9.17, 15) is 14.4 Å². The molecule has 136 valence electrons. The predicted octanol–water partition coefficient (Wildman–Crippen LogP) is 2.17. The molecule has 0 aliphatic carbocycles. The third-order valence-electron chi connectivity index (χ3n) is 3.84. The highest BCUT2D eigenvalue weighted by Gasteiger charge is 2.37. The Morgan fingerprint density at radius 2 is 2.19 bits per heavy atom. The molecule has 0 spiro atoms. The van der Waals surface area contributed by atoms with Crippen molar-refractivity contribution in [2.45, 2.75) is 13.3 Å². The number of carbonyl (C=O) groups is 3. The number of anilines is 2. The normalized spacial score (nSPS) is 16.6. The molecule has 1 aromatic carbocycles. The SMILES string of the molecule is Cc1cc(NC(=O)COC(=O)[C@@H]2CC(=O)N(c3ccccc3Cl)C2)no1. The van der Waals surface area contributed by atoms with Crippen LogP contribution < -0.4 is 10.2 Å². The van der Waals surface area contributed by atoms with Crippen LogP contribution >= 0.6 is 11.6 Å². The molecular formula is C17H16ClN3O5. The minimum Gasteiger partial charge on any atom is -0.455 e. The van der Waals surface area contributed by atoms with Crippen LogP contribution in [0, 0.1) is 12.8 Å². The lowest BCUT2D eigenvalue weighted by Gasteiger charge is -2.17. The summed E-state index contributed by atoms with van der Waals surface area (Å²) in [6.45, 7) is 1.37. The van der Waals surface area contributed by atoms with Gasteiger partial charge in [-0.3, -0.25) is 14.4 Å². The van der Waals surface area contributed by atoms with E-state index in [1.54, 1.807) is 31.2 Å². The van der Waals surface area contributed by atoms with E-state index in [4.69, 9.17) is 20.9 Å². The van der Waals surface area contributed by atoms with E-state index >= 15 is 0 Å². The molecule has 0 bridgehead atoms. The first-order valence-corrected chi connectivity index (χ1v) is 8.26. The second-order valence-electron chi connectivity index (χ2n) is 5.84. The summed E-state index contributed by atoms with van der Waals surface area (Å²) in [6.07, 6.45) is 0.00809. The molecular weight excluding hydrogens is 362 g/mol. The van der Waals surface area contributed by atoms with Gasteiger partial charge in [-0.15, -0.1) is 0 Å². The molecule has 1 fully saturated rings. The quantitative estimate of drug-likeness (QED) is 0.801. The number of nitrogens with zero attached hydrogens (tertiary/aromatic N) is 2. The number of para-hydroxylation sites is 1. The van der Waals surface area contributed by atoms with Crippen molar-refractivity contribution in [2.75, 3.05) is 23.4 Å². The summed E-state index contributed by atoms with van der Waals surface area (Å²) in [6, 6.07) is 8.44. The molecule has 3 rings (SSSR count). The number of aryl methyl sites for hydroxylation is 1. The lowest BCUT2D eigenvalue weighted by Crippen LogP contribution is -2.28.